The lowest BCUT2D eigenvalue weighted by Gasteiger charge is -1.99. The maximum Gasteiger partial charge on any atom is 0.109 e. The third-order valence-electron chi connectivity index (χ3n) is 1.39. The molecule has 0 bridgehead atoms. The summed E-state index contributed by atoms with van der Waals surface area (Å²) in [5.74, 6) is 0. The fraction of sp³-hybridized carbons (Fsp3) is 0.222. The highest BCUT2D eigenvalue weighted by molar-refractivity contribution is 5.31. The molecule has 1 aromatic rings. The zero-order valence-corrected chi connectivity index (χ0v) is 6.26. The maximum absolute atomic E-state index is 8.66. The Morgan fingerprint density at radius 2 is 1.60 bits per heavy atom. The Bertz CT molecular complexity index is 208. The highest BCUT2D eigenvalue weighted by atomic mass is 16.3. The summed E-state index contributed by atoms with van der Waals surface area (Å²) in [4.78, 5) is 0. The maximum atomic E-state index is 8.66. The zero-order chi connectivity index (χ0) is 7.56. The molecule has 1 N–H and O–H groups in total. The topological polar surface area (TPSA) is 20.2 Å². The van der Waals surface area contributed by atoms with Crippen LogP contribution in [0.15, 0.2) is 18.2 Å². The van der Waals surface area contributed by atoms with E-state index < -0.39 is 0 Å². The van der Waals surface area contributed by atoms with Gasteiger partial charge >= 0.3 is 0 Å². The Morgan fingerprint density at radius 1 is 1.10 bits per heavy atom. The highest BCUT2D eigenvalue weighted by Gasteiger charge is 1.92. The van der Waals surface area contributed by atoms with Crippen LogP contribution in [0.1, 0.15) is 16.7 Å². The zero-order valence-electron chi connectivity index (χ0n) is 6.26. The van der Waals surface area contributed by atoms with Gasteiger partial charge in [0.2, 0.25) is 0 Å². The average molecular weight is 135 g/mol. The lowest BCUT2D eigenvalue weighted by molar-refractivity contribution is 0.415. The van der Waals surface area contributed by atoms with Gasteiger partial charge in [-0.3, -0.25) is 0 Å². The molecule has 0 saturated carbocycles. The number of benzene rings is 1. The molecule has 0 fully saturated rings. The molecule has 0 aliphatic carbocycles. The number of aryl methyl sites for hydroxylation is 2. The minimum absolute atomic E-state index is 0.873. The van der Waals surface area contributed by atoms with Crippen molar-refractivity contribution in [2.45, 2.75) is 13.8 Å². The van der Waals surface area contributed by atoms with Gasteiger partial charge in [-0.05, 0) is 19.4 Å². The Labute approximate surface area is 61.3 Å². The molecule has 1 aromatic carbocycles. The van der Waals surface area contributed by atoms with Crippen LogP contribution in [0.3, 0.4) is 0 Å². The van der Waals surface area contributed by atoms with Crippen molar-refractivity contribution in [3.05, 3.63) is 41.5 Å². The molecule has 1 heteroatoms. The minimum atomic E-state index is 0.873. The molecule has 1 nitrogen and oxygen atoms in total. The largest absolute Gasteiger partial charge is 0.385 e. The molecular weight excluding hydrogens is 124 g/mol. The van der Waals surface area contributed by atoms with Crippen LogP contribution in [0.25, 0.3) is 0 Å². The highest BCUT2D eigenvalue weighted by Crippen LogP contribution is 2.08. The van der Waals surface area contributed by atoms with Crippen molar-refractivity contribution in [2.75, 3.05) is 0 Å². The van der Waals surface area contributed by atoms with E-state index >= 15 is 0 Å². The number of aliphatic hydroxyl groups is 1. The second-order valence-electron chi connectivity index (χ2n) is 2.55. The molecule has 0 aromatic heterocycles. The lowest BCUT2D eigenvalue weighted by Crippen LogP contribution is -1.83. The standard InChI is InChI=1S/C9H11O/c1-7-3-8(2)5-9(4-7)6-10/h3-6,10H,1-2H3. The Morgan fingerprint density at radius 3 is 2.00 bits per heavy atom. The molecule has 0 atom stereocenters. The molecule has 0 spiro atoms. The summed E-state index contributed by atoms with van der Waals surface area (Å²) in [6.07, 6.45) is 0. The third-order valence-corrected chi connectivity index (χ3v) is 1.39. The van der Waals surface area contributed by atoms with Crippen LogP contribution in [-0.2, 0) is 0 Å². The van der Waals surface area contributed by atoms with E-state index in [0.29, 0.717) is 0 Å². The predicted molar refractivity (Wildman–Crippen MR) is 41.3 cm³/mol. The van der Waals surface area contributed by atoms with Gasteiger partial charge in [0.05, 0.1) is 0 Å². The summed E-state index contributed by atoms with van der Waals surface area (Å²) in [6.45, 7) is 5.15. The van der Waals surface area contributed by atoms with Crippen LogP contribution in [0.4, 0.5) is 0 Å². The SMILES string of the molecule is Cc1cc(C)cc([CH]O)c1. The molecule has 53 valence electrons. The smallest absolute Gasteiger partial charge is 0.109 e. The van der Waals surface area contributed by atoms with E-state index in [-0.39, 0.29) is 0 Å². The van der Waals surface area contributed by atoms with E-state index in [4.69, 9.17) is 5.11 Å². The summed E-state index contributed by atoms with van der Waals surface area (Å²) in [6, 6.07) is 5.95. The second kappa shape index (κ2) is 2.84. The first kappa shape index (κ1) is 7.29. The first-order valence-corrected chi connectivity index (χ1v) is 3.28. The molecule has 10 heavy (non-hydrogen) atoms. The minimum Gasteiger partial charge on any atom is -0.385 e. The van der Waals surface area contributed by atoms with Crippen LogP contribution in [0, 0.1) is 20.5 Å². The monoisotopic (exact) mass is 135 g/mol. The number of rotatable bonds is 1. The molecule has 0 aliphatic heterocycles. The van der Waals surface area contributed by atoms with Crippen molar-refractivity contribution in [2.24, 2.45) is 0 Å². The van der Waals surface area contributed by atoms with Crippen molar-refractivity contribution in [3.63, 3.8) is 0 Å². The summed E-state index contributed by atoms with van der Waals surface area (Å²) in [7, 11) is 0. The lowest BCUT2D eigenvalue weighted by atomic mass is 10.1. The quantitative estimate of drug-likeness (QED) is 0.625. The van der Waals surface area contributed by atoms with Crippen LogP contribution < -0.4 is 0 Å². The first-order valence-electron chi connectivity index (χ1n) is 3.28. The Balaban J connectivity index is 3.06. The van der Waals surface area contributed by atoms with Crippen LogP contribution in [0.5, 0.6) is 0 Å². The van der Waals surface area contributed by atoms with Gasteiger partial charge in [0.15, 0.2) is 0 Å². The molecule has 0 heterocycles. The van der Waals surface area contributed by atoms with E-state index in [9.17, 15) is 0 Å². The average Bonchev–Trinajstić information content (AvgIpc) is 1.85. The summed E-state index contributed by atoms with van der Waals surface area (Å²) >= 11 is 0. The van der Waals surface area contributed by atoms with E-state index in [0.717, 1.165) is 12.2 Å². The van der Waals surface area contributed by atoms with Crippen molar-refractivity contribution in [3.8, 4) is 0 Å². The Kier molecular flexibility index (Phi) is 2.07. The van der Waals surface area contributed by atoms with Gasteiger partial charge < -0.3 is 5.11 Å². The molecule has 0 unspecified atom stereocenters. The van der Waals surface area contributed by atoms with Gasteiger partial charge in [0, 0.05) is 0 Å². The second-order valence-corrected chi connectivity index (χ2v) is 2.55. The molecule has 1 radical (unpaired) electrons. The molecule has 1 rings (SSSR count). The Hall–Kier alpha value is -0.820. The van der Waals surface area contributed by atoms with Gasteiger partial charge in [0.1, 0.15) is 6.61 Å². The van der Waals surface area contributed by atoms with E-state index in [1.807, 2.05) is 26.0 Å². The van der Waals surface area contributed by atoms with Crippen LogP contribution >= 0.6 is 0 Å². The number of aliphatic hydroxyl groups excluding tert-OH is 1. The van der Waals surface area contributed by atoms with Gasteiger partial charge in [-0.25, -0.2) is 0 Å². The molecule has 0 amide bonds. The van der Waals surface area contributed by atoms with Gasteiger partial charge in [0.25, 0.3) is 0 Å². The van der Waals surface area contributed by atoms with Crippen LogP contribution in [0.2, 0.25) is 0 Å². The molecule has 0 aliphatic rings. The normalized spacial score (nSPS) is 9.90. The van der Waals surface area contributed by atoms with E-state index in [2.05, 4.69) is 6.07 Å². The van der Waals surface area contributed by atoms with Crippen molar-refractivity contribution < 1.29 is 5.11 Å². The van der Waals surface area contributed by atoms with E-state index in [1.165, 1.54) is 11.1 Å². The fourth-order valence-corrected chi connectivity index (χ4v) is 1.08. The summed E-state index contributed by atoms with van der Waals surface area (Å²) in [5, 5.41) is 8.66. The summed E-state index contributed by atoms with van der Waals surface area (Å²) < 4.78 is 0. The van der Waals surface area contributed by atoms with Crippen molar-refractivity contribution in [1.29, 1.82) is 0 Å². The van der Waals surface area contributed by atoms with Crippen LogP contribution in [-0.4, -0.2) is 5.11 Å². The molecule has 0 saturated heterocycles. The fourth-order valence-electron chi connectivity index (χ4n) is 1.08. The number of hydrogen-bond acceptors (Lipinski definition) is 1. The third kappa shape index (κ3) is 1.58. The van der Waals surface area contributed by atoms with Crippen molar-refractivity contribution >= 4 is 0 Å². The van der Waals surface area contributed by atoms with Crippen molar-refractivity contribution in [1.82, 2.24) is 0 Å². The van der Waals surface area contributed by atoms with E-state index in [1.54, 1.807) is 0 Å². The number of hydrogen-bond donors (Lipinski definition) is 1. The van der Waals surface area contributed by atoms with Gasteiger partial charge in [-0.15, -0.1) is 0 Å². The molecular formula is C9H11O. The van der Waals surface area contributed by atoms with Gasteiger partial charge in [-0.2, -0.15) is 0 Å². The van der Waals surface area contributed by atoms with Gasteiger partial charge in [-0.1, -0.05) is 29.3 Å². The predicted octanol–water partition coefficient (Wildman–Crippen LogP) is 2.19. The first-order chi connectivity index (χ1) is 4.72. The summed E-state index contributed by atoms with van der Waals surface area (Å²) in [5.41, 5.74) is 3.23.